The Kier molecular flexibility index (Phi) is 6.53. The molecule has 0 saturated carbocycles. The molecule has 0 aliphatic carbocycles. The van der Waals surface area contributed by atoms with Gasteiger partial charge < -0.3 is 60.2 Å². The molecule has 0 bridgehead atoms. The van der Waals surface area contributed by atoms with E-state index in [0.717, 1.165) is 6.07 Å². The molecule has 2 heterocycles. The second kappa shape index (κ2) is 10.1. The van der Waals surface area contributed by atoms with Gasteiger partial charge in [-0.1, -0.05) is 18.2 Å². The van der Waals surface area contributed by atoms with E-state index < -0.39 is 71.1 Å². The molecule has 9 N–H and O–H groups in total. The van der Waals surface area contributed by atoms with Gasteiger partial charge in [-0.05, 0) is 59.7 Å². The van der Waals surface area contributed by atoms with Gasteiger partial charge in [-0.3, -0.25) is 0 Å². The summed E-state index contributed by atoms with van der Waals surface area (Å²) >= 11 is 0. The molecule has 0 spiro atoms. The molecule has 42 heavy (non-hydrogen) atoms. The number of fused-ring (bicyclic) bond motifs is 2. The molecule has 6 rings (SSSR count). The van der Waals surface area contributed by atoms with Crippen molar-refractivity contribution >= 4 is 0 Å². The number of rotatable bonds is 4. The number of ether oxygens (including phenoxy) is 3. The quantitative estimate of drug-likeness (QED) is 0.160. The SMILES string of the molecule is Oc1ccc([C@@H]2Oc3c(ccc(O)c3O)[C@@H](O[C@@H]3c4ccc(O)c(O)c4O[C@H](c4ccc(O)c(O)c4)[C@@H]3O)[C@H]2O)cc1. The highest BCUT2D eigenvalue weighted by Crippen LogP contribution is 2.55. The fourth-order valence-corrected chi connectivity index (χ4v) is 5.30. The molecule has 218 valence electrons. The first-order valence-electron chi connectivity index (χ1n) is 12.8. The first-order chi connectivity index (χ1) is 20.0. The lowest BCUT2D eigenvalue weighted by atomic mass is 9.89. The van der Waals surface area contributed by atoms with Crippen molar-refractivity contribution in [1.29, 1.82) is 0 Å². The Balaban J connectivity index is 1.46. The van der Waals surface area contributed by atoms with Crippen molar-refractivity contribution in [2.75, 3.05) is 0 Å². The maximum absolute atomic E-state index is 11.6. The summed E-state index contributed by atoms with van der Waals surface area (Å²) in [6, 6.07) is 14.6. The van der Waals surface area contributed by atoms with Gasteiger partial charge in [0.15, 0.2) is 46.7 Å². The number of aliphatic hydroxyl groups is 2. The van der Waals surface area contributed by atoms with Gasteiger partial charge in [-0.2, -0.15) is 0 Å². The van der Waals surface area contributed by atoms with E-state index in [1.165, 1.54) is 60.7 Å². The Morgan fingerprint density at radius 3 is 1.45 bits per heavy atom. The molecule has 4 aromatic carbocycles. The molecule has 0 aromatic heterocycles. The molecule has 2 aliphatic heterocycles. The third kappa shape index (κ3) is 4.38. The minimum absolute atomic E-state index is 0.0333. The zero-order chi connectivity index (χ0) is 29.9. The lowest BCUT2D eigenvalue weighted by Gasteiger charge is -2.42. The predicted molar refractivity (Wildman–Crippen MR) is 143 cm³/mol. The van der Waals surface area contributed by atoms with E-state index in [4.69, 9.17) is 14.2 Å². The van der Waals surface area contributed by atoms with Gasteiger partial charge in [-0.15, -0.1) is 0 Å². The third-order valence-corrected chi connectivity index (χ3v) is 7.47. The molecule has 2 aliphatic rings. The zero-order valence-electron chi connectivity index (χ0n) is 21.6. The molecule has 0 unspecified atom stereocenters. The average Bonchev–Trinajstić information content (AvgIpc) is 2.97. The summed E-state index contributed by atoms with van der Waals surface area (Å²) in [6.45, 7) is 0. The molecule has 6 atom stereocenters. The number of phenols is 7. The summed E-state index contributed by atoms with van der Waals surface area (Å²) in [5.41, 5.74) is 0.837. The highest BCUT2D eigenvalue weighted by Gasteiger charge is 2.47. The molecule has 4 aromatic rings. The van der Waals surface area contributed by atoms with Gasteiger partial charge in [0, 0.05) is 11.1 Å². The largest absolute Gasteiger partial charge is 0.508 e. The summed E-state index contributed by atoms with van der Waals surface area (Å²) in [7, 11) is 0. The minimum Gasteiger partial charge on any atom is -0.508 e. The molecule has 12 nitrogen and oxygen atoms in total. The van der Waals surface area contributed by atoms with Crippen LogP contribution in [0.1, 0.15) is 46.7 Å². The zero-order valence-corrected chi connectivity index (χ0v) is 21.6. The fraction of sp³-hybridized carbons (Fsp3) is 0.200. The Hall–Kier alpha value is -5.04. The van der Waals surface area contributed by atoms with Crippen LogP contribution in [0.15, 0.2) is 66.7 Å². The first-order valence-corrected chi connectivity index (χ1v) is 12.8. The van der Waals surface area contributed by atoms with Gasteiger partial charge in [0.2, 0.25) is 11.5 Å². The van der Waals surface area contributed by atoms with Gasteiger partial charge in [0.1, 0.15) is 30.2 Å². The van der Waals surface area contributed by atoms with Gasteiger partial charge in [0.05, 0.1) is 0 Å². The van der Waals surface area contributed by atoms with E-state index in [-0.39, 0.29) is 33.9 Å². The summed E-state index contributed by atoms with van der Waals surface area (Å²) in [5.74, 6) is -3.60. The van der Waals surface area contributed by atoms with Crippen molar-refractivity contribution in [3.63, 3.8) is 0 Å². The molecular formula is C30H26O12. The molecule has 0 radical (unpaired) electrons. The predicted octanol–water partition coefficient (Wildman–Crippen LogP) is 3.41. The van der Waals surface area contributed by atoms with Crippen LogP contribution in [0.4, 0.5) is 0 Å². The Labute approximate surface area is 237 Å². The van der Waals surface area contributed by atoms with E-state index in [2.05, 4.69) is 0 Å². The van der Waals surface area contributed by atoms with Crippen LogP contribution in [0.3, 0.4) is 0 Å². The Morgan fingerprint density at radius 2 is 0.952 bits per heavy atom. The lowest BCUT2D eigenvalue weighted by Crippen LogP contribution is -2.41. The third-order valence-electron chi connectivity index (χ3n) is 7.47. The van der Waals surface area contributed by atoms with Crippen LogP contribution in [0.5, 0.6) is 51.7 Å². The normalized spacial score (nSPS) is 24.6. The van der Waals surface area contributed by atoms with E-state index in [1.807, 2.05) is 0 Å². The average molecular weight is 579 g/mol. The van der Waals surface area contributed by atoms with Crippen LogP contribution in [-0.2, 0) is 4.74 Å². The van der Waals surface area contributed by atoms with E-state index in [9.17, 15) is 46.0 Å². The van der Waals surface area contributed by atoms with Gasteiger partial charge >= 0.3 is 0 Å². The number of hydrogen-bond acceptors (Lipinski definition) is 12. The topological polar surface area (TPSA) is 210 Å². The maximum atomic E-state index is 11.6. The maximum Gasteiger partial charge on any atom is 0.200 e. The van der Waals surface area contributed by atoms with Crippen LogP contribution >= 0.6 is 0 Å². The van der Waals surface area contributed by atoms with E-state index in [0.29, 0.717) is 5.56 Å². The monoisotopic (exact) mass is 578 g/mol. The second-order valence-corrected chi connectivity index (χ2v) is 10.1. The lowest BCUT2D eigenvalue weighted by molar-refractivity contribution is -0.175. The summed E-state index contributed by atoms with van der Waals surface area (Å²) in [5, 5.41) is 94.3. The summed E-state index contributed by atoms with van der Waals surface area (Å²) in [6.07, 6.45) is -8.12. The Bertz CT molecular complexity index is 1650. The van der Waals surface area contributed by atoms with E-state index >= 15 is 0 Å². The molecule has 0 amide bonds. The molecular weight excluding hydrogens is 552 g/mol. The second-order valence-electron chi connectivity index (χ2n) is 10.1. The van der Waals surface area contributed by atoms with Crippen molar-refractivity contribution in [2.45, 2.75) is 36.6 Å². The van der Waals surface area contributed by atoms with Gasteiger partial charge in [-0.25, -0.2) is 0 Å². The number of benzene rings is 4. The minimum atomic E-state index is -1.54. The standard InChI is InChI=1S/C30H26O12/c31-14-4-1-12(2-5-14)25-23(38)29(15-6-9-18(33)21(36)27(15)40-25)42-30-16-7-10-19(34)22(37)28(16)41-26(24(30)39)13-3-8-17(32)20(35)11-13/h1-11,23-26,29-39H/t23-,24-,25-,26+,29+,30+/m0/s1. The van der Waals surface area contributed by atoms with Crippen molar-refractivity contribution in [3.8, 4) is 51.7 Å². The van der Waals surface area contributed by atoms with Crippen molar-refractivity contribution in [3.05, 3.63) is 89.0 Å². The van der Waals surface area contributed by atoms with Crippen LogP contribution < -0.4 is 9.47 Å². The summed E-state index contributed by atoms with van der Waals surface area (Å²) in [4.78, 5) is 0. The number of aromatic hydroxyl groups is 7. The molecule has 0 fully saturated rings. The van der Waals surface area contributed by atoms with E-state index in [1.54, 1.807) is 0 Å². The fourth-order valence-electron chi connectivity index (χ4n) is 5.30. The number of phenolic OH excluding ortho intramolecular Hbond substituents is 7. The smallest absolute Gasteiger partial charge is 0.200 e. The van der Waals surface area contributed by atoms with Gasteiger partial charge in [0.25, 0.3) is 0 Å². The molecule has 12 heteroatoms. The first kappa shape index (κ1) is 27.1. The van der Waals surface area contributed by atoms with Crippen LogP contribution in [0.2, 0.25) is 0 Å². The van der Waals surface area contributed by atoms with Crippen molar-refractivity contribution < 1.29 is 60.2 Å². The Morgan fingerprint density at radius 1 is 0.500 bits per heavy atom. The van der Waals surface area contributed by atoms with Crippen molar-refractivity contribution in [1.82, 2.24) is 0 Å². The highest BCUT2D eigenvalue weighted by atomic mass is 16.6. The summed E-state index contributed by atoms with van der Waals surface area (Å²) < 4.78 is 18.2. The van der Waals surface area contributed by atoms with Crippen LogP contribution in [0.25, 0.3) is 0 Å². The van der Waals surface area contributed by atoms with Crippen molar-refractivity contribution in [2.24, 2.45) is 0 Å². The number of aliphatic hydroxyl groups excluding tert-OH is 2. The van der Waals surface area contributed by atoms with Crippen LogP contribution in [-0.4, -0.2) is 58.2 Å². The number of hydrogen-bond donors (Lipinski definition) is 9. The molecule has 0 saturated heterocycles. The van der Waals surface area contributed by atoms with Crippen LogP contribution in [0, 0.1) is 0 Å². The highest BCUT2D eigenvalue weighted by molar-refractivity contribution is 5.58.